The Morgan fingerprint density at radius 2 is 2.05 bits per heavy atom. The second-order valence-corrected chi connectivity index (χ2v) is 6.21. The molecule has 0 aliphatic carbocycles. The van der Waals surface area contributed by atoms with Gasteiger partial charge in [-0.3, -0.25) is 9.80 Å². The van der Waals surface area contributed by atoms with E-state index in [-0.39, 0.29) is 12.1 Å². The van der Waals surface area contributed by atoms with E-state index in [1.165, 1.54) is 0 Å². The molecule has 0 bridgehead atoms. The number of hydrogen-bond donors (Lipinski definition) is 1. The van der Waals surface area contributed by atoms with E-state index in [0.29, 0.717) is 6.04 Å². The van der Waals surface area contributed by atoms with E-state index >= 15 is 0 Å². The third kappa shape index (κ3) is 3.34. The van der Waals surface area contributed by atoms with E-state index < -0.39 is 0 Å². The van der Waals surface area contributed by atoms with Gasteiger partial charge in [-0.1, -0.05) is 36.7 Å². The molecule has 3 nitrogen and oxygen atoms in total. The highest BCUT2D eigenvalue weighted by Gasteiger charge is 2.31. The lowest BCUT2D eigenvalue weighted by molar-refractivity contribution is 0.0517. The Hall–Kier alpha value is -0.610. The minimum absolute atomic E-state index is 0.0651. The van der Waals surface area contributed by atoms with Gasteiger partial charge in [-0.15, -0.1) is 0 Å². The lowest BCUT2D eigenvalue weighted by atomic mass is 9.97. The Kier molecular flexibility index (Phi) is 5.44. The number of likely N-dealkylation sites (N-methyl/N-ethyl adjacent to an activating group) is 1. The fraction of sp³-hybridized carbons (Fsp3) is 0.625. The zero-order chi connectivity index (χ0) is 14.7. The van der Waals surface area contributed by atoms with Gasteiger partial charge in [-0.25, -0.2) is 0 Å². The summed E-state index contributed by atoms with van der Waals surface area (Å²) >= 11 is 6.38. The summed E-state index contributed by atoms with van der Waals surface area (Å²) in [5.41, 5.74) is 7.42. The predicted octanol–water partition coefficient (Wildman–Crippen LogP) is 2.75. The van der Waals surface area contributed by atoms with Crippen LogP contribution < -0.4 is 5.73 Å². The van der Waals surface area contributed by atoms with Gasteiger partial charge in [-0.05, 0) is 32.0 Å². The van der Waals surface area contributed by atoms with Crippen LogP contribution in [0.1, 0.15) is 32.4 Å². The van der Waals surface area contributed by atoms with Crippen molar-refractivity contribution in [3.63, 3.8) is 0 Å². The third-order valence-electron chi connectivity index (χ3n) is 4.32. The van der Waals surface area contributed by atoms with Crippen LogP contribution in [0.4, 0.5) is 0 Å². The first-order valence-corrected chi connectivity index (χ1v) is 7.90. The van der Waals surface area contributed by atoms with Crippen molar-refractivity contribution in [2.45, 2.75) is 38.9 Å². The third-order valence-corrected chi connectivity index (χ3v) is 4.66. The Morgan fingerprint density at radius 3 is 2.60 bits per heavy atom. The van der Waals surface area contributed by atoms with Crippen LogP contribution in [0.3, 0.4) is 0 Å². The number of piperazine rings is 1. The van der Waals surface area contributed by atoms with Crippen LogP contribution in [0.25, 0.3) is 0 Å². The lowest BCUT2D eigenvalue weighted by Gasteiger charge is -2.44. The predicted molar refractivity (Wildman–Crippen MR) is 86.1 cm³/mol. The summed E-state index contributed by atoms with van der Waals surface area (Å²) in [5, 5.41) is 0.820. The number of halogens is 1. The molecule has 1 aliphatic heterocycles. The van der Waals surface area contributed by atoms with E-state index in [4.69, 9.17) is 17.3 Å². The van der Waals surface area contributed by atoms with Gasteiger partial charge in [0.25, 0.3) is 0 Å². The molecule has 2 rings (SSSR count). The van der Waals surface area contributed by atoms with E-state index in [0.717, 1.165) is 36.8 Å². The molecule has 0 aromatic heterocycles. The maximum atomic E-state index is 6.38. The zero-order valence-electron chi connectivity index (χ0n) is 12.7. The van der Waals surface area contributed by atoms with Crippen LogP contribution >= 0.6 is 11.6 Å². The van der Waals surface area contributed by atoms with Crippen molar-refractivity contribution in [1.82, 2.24) is 9.80 Å². The molecule has 3 unspecified atom stereocenters. The maximum Gasteiger partial charge on any atom is 0.0512 e. The molecule has 0 saturated carbocycles. The van der Waals surface area contributed by atoms with E-state index in [2.05, 4.69) is 36.6 Å². The summed E-state index contributed by atoms with van der Waals surface area (Å²) in [6.45, 7) is 10.9. The summed E-state index contributed by atoms with van der Waals surface area (Å²) in [4.78, 5) is 5.00. The van der Waals surface area contributed by atoms with Gasteiger partial charge in [0.15, 0.2) is 0 Å². The molecule has 112 valence electrons. The number of rotatable bonds is 4. The van der Waals surface area contributed by atoms with Gasteiger partial charge in [0.05, 0.1) is 6.04 Å². The molecule has 0 amide bonds. The molecule has 1 aliphatic rings. The Bertz CT molecular complexity index is 435. The molecule has 2 N–H and O–H groups in total. The zero-order valence-corrected chi connectivity index (χ0v) is 13.5. The maximum absolute atomic E-state index is 6.38. The van der Waals surface area contributed by atoms with Crippen molar-refractivity contribution in [3.8, 4) is 0 Å². The second kappa shape index (κ2) is 6.90. The second-order valence-electron chi connectivity index (χ2n) is 5.80. The van der Waals surface area contributed by atoms with Gasteiger partial charge in [0.1, 0.15) is 0 Å². The average Bonchev–Trinajstić information content (AvgIpc) is 2.41. The molecule has 1 heterocycles. The first-order valence-electron chi connectivity index (χ1n) is 7.52. The van der Waals surface area contributed by atoms with Gasteiger partial charge in [-0.2, -0.15) is 0 Å². The van der Waals surface area contributed by atoms with Crippen LogP contribution in [0, 0.1) is 0 Å². The normalized spacial score (nSPS) is 24.6. The molecule has 0 radical (unpaired) electrons. The first-order chi connectivity index (χ1) is 9.54. The van der Waals surface area contributed by atoms with Crippen molar-refractivity contribution >= 4 is 11.6 Å². The fourth-order valence-electron chi connectivity index (χ4n) is 3.27. The number of nitrogens with zero attached hydrogens (tertiary/aromatic N) is 2. The highest BCUT2D eigenvalue weighted by atomic mass is 35.5. The summed E-state index contributed by atoms with van der Waals surface area (Å²) in [6.07, 6.45) is 0. The minimum atomic E-state index is 0.0651. The quantitative estimate of drug-likeness (QED) is 0.927. The van der Waals surface area contributed by atoms with Gasteiger partial charge in [0.2, 0.25) is 0 Å². The summed E-state index contributed by atoms with van der Waals surface area (Å²) in [6, 6.07) is 8.91. The van der Waals surface area contributed by atoms with Gasteiger partial charge in [0, 0.05) is 36.7 Å². The van der Waals surface area contributed by atoms with Crippen molar-refractivity contribution in [2.75, 3.05) is 26.2 Å². The molecule has 4 heteroatoms. The standard InChI is InChI=1S/C16H26ClN3/c1-4-19-9-10-20(11-12(19)2)16(13(3)18)14-7-5-6-8-15(14)17/h5-8,12-13,16H,4,9-11,18H2,1-3H3. The molecule has 1 saturated heterocycles. The molecule has 1 aromatic rings. The smallest absolute Gasteiger partial charge is 0.0512 e. The van der Waals surface area contributed by atoms with E-state index in [1.54, 1.807) is 0 Å². The van der Waals surface area contributed by atoms with Crippen molar-refractivity contribution < 1.29 is 0 Å². The monoisotopic (exact) mass is 295 g/mol. The molecule has 1 aromatic carbocycles. The minimum Gasteiger partial charge on any atom is -0.326 e. The van der Waals surface area contributed by atoms with Crippen LogP contribution in [0.15, 0.2) is 24.3 Å². The van der Waals surface area contributed by atoms with E-state index in [1.807, 2.05) is 18.2 Å². The van der Waals surface area contributed by atoms with Gasteiger partial charge >= 0.3 is 0 Å². The van der Waals surface area contributed by atoms with Crippen molar-refractivity contribution in [3.05, 3.63) is 34.9 Å². The van der Waals surface area contributed by atoms with Crippen LogP contribution in [0.2, 0.25) is 5.02 Å². The molecule has 0 spiro atoms. The molecule has 1 fully saturated rings. The van der Waals surface area contributed by atoms with Gasteiger partial charge < -0.3 is 5.73 Å². The summed E-state index contributed by atoms with van der Waals surface area (Å²) in [7, 11) is 0. The Labute approximate surface area is 127 Å². The lowest BCUT2D eigenvalue weighted by Crippen LogP contribution is -2.54. The van der Waals surface area contributed by atoms with E-state index in [9.17, 15) is 0 Å². The first kappa shape index (κ1) is 15.8. The molecular weight excluding hydrogens is 270 g/mol. The molecular formula is C16H26ClN3. The fourth-order valence-corrected chi connectivity index (χ4v) is 3.52. The highest BCUT2D eigenvalue weighted by Crippen LogP contribution is 2.31. The Morgan fingerprint density at radius 1 is 1.35 bits per heavy atom. The average molecular weight is 296 g/mol. The molecule has 3 atom stereocenters. The molecule has 20 heavy (non-hydrogen) atoms. The number of nitrogens with two attached hydrogens (primary N) is 1. The van der Waals surface area contributed by atoms with Crippen LogP contribution in [0.5, 0.6) is 0 Å². The van der Waals surface area contributed by atoms with Crippen molar-refractivity contribution in [2.24, 2.45) is 5.73 Å². The topological polar surface area (TPSA) is 32.5 Å². The van der Waals surface area contributed by atoms with Crippen LogP contribution in [-0.2, 0) is 0 Å². The summed E-state index contributed by atoms with van der Waals surface area (Å²) < 4.78 is 0. The highest BCUT2D eigenvalue weighted by molar-refractivity contribution is 6.31. The number of hydrogen-bond acceptors (Lipinski definition) is 3. The van der Waals surface area contributed by atoms with Crippen molar-refractivity contribution in [1.29, 1.82) is 0 Å². The van der Waals surface area contributed by atoms with Crippen LogP contribution in [-0.4, -0.2) is 48.1 Å². The SMILES string of the molecule is CCN1CCN(C(c2ccccc2Cl)C(C)N)CC1C. The Balaban J connectivity index is 2.21. The largest absolute Gasteiger partial charge is 0.326 e. The summed E-state index contributed by atoms with van der Waals surface area (Å²) in [5.74, 6) is 0. The number of benzene rings is 1.